The number of nitrogens with zero attached hydrogens (tertiary/aromatic N) is 4. The Labute approximate surface area is 141 Å². The molecule has 122 valence electrons. The minimum atomic E-state index is 0.875. The van der Waals surface area contributed by atoms with Crippen LogP contribution in [0.3, 0.4) is 0 Å². The fraction of sp³-hybridized carbons (Fsp3) is 0.412. The van der Waals surface area contributed by atoms with Crippen LogP contribution in [0.2, 0.25) is 0 Å². The van der Waals surface area contributed by atoms with Crippen molar-refractivity contribution in [3.8, 4) is 11.3 Å². The minimum absolute atomic E-state index is 0.875. The van der Waals surface area contributed by atoms with Gasteiger partial charge in [-0.2, -0.15) is 11.3 Å². The van der Waals surface area contributed by atoms with E-state index >= 15 is 0 Å². The second kappa shape index (κ2) is 7.57. The van der Waals surface area contributed by atoms with Crippen LogP contribution in [-0.4, -0.2) is 45.7 Å². The first-order chi connectivity index (χ1) is 11.3. The van der Waals surface area contributed by atoms with E-state index in [-0.39, 0.29) is 0 Å². The standard InChI is InChI=1S/C17H23N5S/c1-3-21(4-2)10-5-9-18-16-6-7-17-19-12-15(22(17)20-16)14-8-11-23-13-14/h6-8,11-13H,3-5,9-10H2,1-2H3,(H,18,20). The molecular weight excluding hydrogens is 306 g/mol. The Morgan fingerprint density at radius 3 is 2.83 bits per heavy atom. The van der Waals surface area contributed by atoms with Crippen LogP contribution < -0.4 is 5.32 Å². The van der Waals surface area contributed by atoms with Gasteiger partial charge in [-0.05, 0) is 49.6 Å². The van der Waals surface area contributed by atoms with Crippen LogP contribution in [0.5, 0.6) is 0 Å². The summed E-state index contributed by atoms with van der Waals surface area (Å²) in [4.78, 5) is 6.86. The quantitative estimate of drug-likeness (QED) is 0.641. The lowest BCUT2D eigenvalue weighted by molar-refractivity contribution is 0.303. The highest BCUT2D eigenvalue weighted by atomic mass is 32.1. The summed E-state index contributed by atoms with van der Waals surface area (Å²) in [6.45, 7) is 8.68. The lowest BCUT2D eigenvalue weighted by atomic mass is 10.3. The summed E-state index contributed by atoms with van der Waals surface area (Å²) in [7, 11) is 0. The van der Waals surface area contributed by atoms with Crippen molar-refractivity contribution in [1.82, 2.24) is 19.5 Å². The normalized spacial score (nSPS) is 11.4. The van der Waals surface area contributed by atoms with Gasteiger partial charge < -0.3 is 10.2 Å². The minimum Gasteiger partial charge on any atom is -0.369 e. The zero-order valence-electron chi connectivity index (χ0n) is 13.7. The Balaban J connectivity index is 1.67. The van der Waals surface area contributed by atoms with Gasteiger partial charge in [0.15, 0.2) is 5.65 Å². The Morgan fingerprint density at radius 2 is 2.09 bits per heavy atom. The third-order valence-electron chi connectivity index (χ3n) is 4.03. The first-order valence-electron chi connectivity index (χ1n) is 8.15. The third kappa shape index (κ3) is 3.71. The number of anilines is 1. The summed E-state index contributed by atoms with van der Waals surface area (Å²) < 4.78 is 1.91. The zero-order valence-corrected chi connectivity index (χ0v) is 14.5. The number of hydrogen-bond acceptors (Lipinski definition) is 5. The van der Waals surface area contributed by atoms with Crippen molar-refractivity contribution in [3.63, 3.8) is 0 Å². The van der Waals surface area contributed by atoms with Gasteiger partial charge in [-0.25, -0.2) is 9.50 Å². The molecule has 0 saturated carbocycles. The molecular formula is C17H23N5S. The Kier molecular flexibility index (Phi) is 5.25. The van der Waals surface area contributed by atoms with Crippen LogP contribution >= 0.6 is 11.3 Å². The Hall–Kier alpha value is -1.92. The zero-order chi connectivity index (χ0) is 16.1. The molecule has 0 saturated heterocycles. The topological polar surface area (TPSA) is 45.5 Å². The van der Waals surface area contributed by atoms with E-state index in [2.05, 4.69) is 51.0 Å². The van der Waals surface area contributed by atoms with Gasteiger partial charge in [0.25, 0.3) is 0 Å². The number of thiophene rings is 1. The molecule has 3 aromatic heterocycles. The predicted octanol–water partition coefficient (Wildman–Crippen LogP) is 3.60. The molecule has 3 heterocycles. The summed E-state index contributed by atoms with van der Waals surface area (Å²) in [5.41, 5.74) is 3.07. The van der Waals surface area contributed by atoms with Gasteiger partial charge in [0.2, 0.25) is 0 Å². The average molecular weight is 329 g/mol. The molecule has 0 amide bonds. The second-order valence-corrected chi connectivity index (χ2v) is 6.23. The SMILES string of the molecule is CCN(CC)CCCNc1ccc2ncc(-c3ccsc3)n2n1. The van der Waals surface area contributed by atoms with E-state index in [4.69, 9.17) is 0 Å². The summed E-state index contributed by atoms with van der Waals surface area (Å²) >= 11 is 1.69. The highest BCUT2D eigenvalue weighted by Gasteiger charge is 2.08. The van der Waals surface area contributed by atoms with Gasteiger partial charge >= 0.3 is 0 Å². The molecule has 0 aliphatic rings. The van der Waals surface area contributed by atoms with Gasteiger partial charge in [0.1, 0.15) is 5.82 Å². The van der Waals surface area contributed by atoms with Gasteiger partial charge in [-0.3, -0.25) is 0 Å². The first-order valence-corrected chi connectivity index (χ1v) is 9.09. The largest absolute Gasteiger partial charge is 0.369 e. The van der Waals surface area contributed by atoms with E-state index in [0.717, 1.165) is 55.3 Å². The van der Waals surface area contributed by atoms with Crippen molar-refractivity contribution < 1.29 is 0 Å². The van der Waals surface area contributed by atoms with E-state index in [1.54, 1.807) is 11.3 Å². The van der Waals surface area contributed by atoms with Gasteiger partial charge in [0, 0.05) is 17.5 Å². The maximum Gasteiger partial charge on any atom is 0.154 e. The molecule has 6 heteroatoms. The number of nitrogens with one attached hydrogen (secondary N) is 1. The van der Waals surface area contributed by atoms with Crippen molar-refractivity contribution in [2.45, 2.75) is 20.3 Å². The Bertz CT molecular complexity index is 731. The summed E-state index contributed by atoms with van der Waals surface area (Å²) in [5, 5.41) is 12.3. The average Bonchev–Trinajstić information content (AvgIpc) is 3.23. The summed E-state index contributed by atoms with van der Waals surface area (Å²) in [6.07, 6.45) is 3.00. The number of hydrogen-bond donors (Lipinski definition) is 1. The maximum absolute atomic E-state index is 4.68. The van der Waals surface area contributed by atoms with Crippen molar-refractivity contribution >= 4 is 22.8 Å². The molecule has 0 aliphatic carbocycles. The smallest absolute Gasteiger partial charge is 0.154 e. The van der Waals surface area contributed by atoms with Crippen LogP contribution in [-0.2, 0) is 0 Å². The van der Waals surface area contributed by atoms with Crippen LogP contribution in [0.1, 0.15) is 20.3 Å². The lowest BCUT2D eigenvalue weighted by Crippen LogP contribution is -2.25. The van der Waals surface area contributed by atoms with E-state index in [1.165, 1.54) is 0 Å². The molecule has 0 aliphatic heterocycles. The van der Waals surface area contributed by atoms with Crippen molar-refractivity contribution in [3.05, 3.63) is 35.2 Å². The van der Waals surface area contributed by atoms with Crippen LogP contribution in [0.15, 0.2) is 35.2 Å². The van der Waals surface area contributed by atoms with E-state index < -0.39 is 0 Å². The van der Waals surface area contributed by atoms with Gasteiger partial charge in [0.05, 0.1) is 11.9 Å². The Morgan fingerprint density at radius 1 is 1.22 bits per heavy atom. The molecule has 5 nitrogen and oxygen atoms in total. The molecule has 1 N–H and O–H groups in total. The lowest BCUT2D eigenvalue weighted by Gasteiger charge is -2.17. The molecule has 0 spiro atoms. The maximum atomic E-state index is 4.68. The van der Waals surface area contributed by atoms with Crippen molar-refractivity contribution in [2.24, 2.45) is 0 Å². The highest BCUT2D eigenvalue weighted by molar-refractivity contribution is 7.08. The molecule has 0 bridgehead atoms. The molecule has 3 aromatic rings. The fourth-order valence-electron chi connectivity index (χ4n) is 2.63. The van der Waals surface area contributed by atoms with Crippen molar-refractivity contribution in [1.29, 1.82) is 0 Å². The predicted molar refractivity (Wildman–Crippen MR) is 97.2 cm³/mol. The van der Waals surface area contributed by atoms with Gasteiger partial charge in [-0.15, -0.1) is 5.10 Å². The highest BCUT2D eigenvalue weighted by Crippen LogP contribution is 2.23. The molecule has 0 radical (unpaired) electrons. The summed E-state index contributed by atoms with van der Waals surface area (Å²) in [6, 6.07) is 6.10. The fourth-order valence-corrected chi connectivity index (χ4v) is 3.28. The number of imidazole rings is 1. The molecule has 0 atom stereocenters. The number of aromatic nitrogens is 3. The van der Waals surface area contributed by atoms with Crippen molar-refractivity contribution in [2.75, 3.05) is 31.5 Å². The molecule has 0 aromatic carbocycles. The summed E-state index contributed by atoms with van der Waals surface area (Å²) in [5.74, 6) is 0.895. The van der Waals surface area contributed by atoms with E-state index in [0.29, 0.717) is 0 Å². The number of rotatable bonds is 8. The molecule has 3 rings (SSSR count). The first kappa shape index (κ1) is 16.0. The van der Waals surface area contributed by atoms with Crippen LogP contribution in [0, 0.1) is 0 Å². The third-order valence-corrected chi connectivity index (χ3v) is 4.71. The van der Waals surface area contributed by atoms with Crippen LogP contribution in [0.4, 0.5) is 5.82 Å². The number of fused-ring (bicyclic) bond motifs is 1. The van der Waals surface area contributed by atoms with Crippen LogP contribution in [0.25, 0.3) is 16.9 Å². The van der Waals surface area contributed by atoms with Gasteiger partial charge in [-0.1, -0.05) is 13.8 Å². The van der Waals surface area contributed by atoms with E-state index in [1.807, 2.05) is 22.8 Å². The molecule has 0 unspecified atom stereocenters. The second-order valence-electron chi connectivity index (χ2n) is 5.45. The molecule has 23 heavy (non-hydrogen) atoms. The van der Waals surface area contributed by atoms with E-state index in [9.17, 15) is 0 Å². The monoisotopic (exact) mass is 329 g/mol. The molecule has 0 fully saturated rings.